The highest BCUT2D eigenvalue weighted by Gasteiger charge is 2.00. The highest BCUT2D eigenvalue weighted by atomic mass is 32.2. The van der Waals surface area contributed by atoms with Crippen LogP contribution in [0.2, 0.25) is 0 Å². The van der Waals surface area contributed by atoms with Gasteiger partial charge >= 0.3 is 0 Å². The van der Waals surface area contributed by atoms with Crippen molar-refractivity contribution in [2.45, 2.75) is 43.9 Å². The molecule has 2 heteroatoms. The molecule has 0 unspecified atom stereocenters. The molecule has 0 aromatic heterocycles. The van der Waals surface area contributed by atoms with Crippen molar-refractivity contribution in [2.75, 3.05) is 0 Å². The van der Waals surface area contributed by atoms with Gasteiger partial charge in [0.25, 0.3) is 0 Å². The Morgan fingerprint density at radius 2 is 1.94 bits per heavy atom. The van der Waals surface area contributed by atoms with Gasteiger partial charge in [-0.25, -0.2) is 0 Å². The van der Waals surface area contributed by atoms with Gasteiger partial charge in [0.15, 0.2) is 0 Å². The molecule has 0 saturated carbocycles. The van der Waals surface area contributed by atoms with Crippen LogP contribution in [-0.4, -0.2) is 6.29 Å². The Labute approximate surface area is 108 Å². The second-order valence-corrected chi connectivity index (χ2v) is 5.19. The molecule has 0 atom stereocenters. The van der Waals surface area contributed by atoms with Crippen molar-refractivity contribution in [2.24, 2.45) is 0 Å². The molecule has 0 bridgehead atoms. The van der Waals surface area contributed by atoms with E-state index in [9.17, 15) is 4.79 Å². The van der Waals surface area contributed by atoms with E-state index in [0.29, 0.717) is 0 Å². The fourth-order valence-electron chi connectivity index (χ4n) is 1.61. The van der Waals surface area contributed by atoms with E-state index in [4.69, 9.17) is 0 Å². The Morgan fingerprint density at radius 3 is 2.59 bits per heavy atom. The molecule has 1 nitrogen and oxygen atoms in total. The monoisotopic (exact) mass is 248 g/mol. The van der Waals surface area contributed by atoms with E-state index in [2.05, 4.69) is 19.1 Å². The lowest BCUT2D eigenvalue weighted by atomic mass is 10.1. The first-order chi connectivity index (χ1) is 8.36. The van der Waals surface area contributed by atoms with Crippen molar-refractivity contribution < 1.29 is 4.79 Å². The molecule has 0 N–H and O–H groups in total. The van der Waals surface area contributed by atoms with E-state index in [1.807, 2.05) is 18.2 Å². The Morgan fingerprint density at radius 1 is 1.18 bits per heavy atom. The molecular formula is C15H20OS. The molecule has 1 aromatic rings. The number of thioether (sulfide) groups is 1. The summed E-state index contributed by atoms with van der Waals surface area (Å²) in [5.41, 5.74) is 0. The first-order valence-corrected chi connectivity index (χ1v) is 7.05. The fraction of sp³-hybridized carbons (Fsp3) is 0.400. The van der Waals surface area contributed by atoms with Gasteiger partial charge < -0.3 is 0 Å². The maximum Gasteiger partial charge on any atom is 0.143 e. The SMILES string of the molecule is CCCCCC/C(=C\C=O)Sc1ccccc1. The Bertz CT molecular complexity index is 343. The summed E-state index contributed by atoms with van der Waals surface area (Å²) < 4.78 is 0. The second kappa shape index (κ2) is 9.06. The summed E-state index contributed by atoms with van der Waals surface area (Å²) in [7, 11) is 0. The van der Waals surface area contributed by atoms with Crippen molar-refractivity contribution >= 4 is 18.0 Å². The molecule has 0 heterocycles. The summed E-state index contributed by atoms with van der Waals surface area (Å²) in [6.07, 6.45) is 8.56. The normalized spacial score (nSPS) is 11.5. The van der Waals surface area contributed by atoms with E-state index in [1.165, 1.54) is 35.5 Å². The third-order valence-electron chi connectivity index (χ3n) is 2.52. The highest BCUT2D eigenvalue weighted by Crippen LogP contribution is 2.29. The quantitative estimate of drug-likeness (QED) is 0.283. The summed E-state index contributed by atoms with van der Waals surface area (Å²) in [6.45, 7) is 2.21. The van der Waals surface area contributed by atoms with Crippen LogP contribution in [0.3, 0.4) is 0 Å². The first-order valence-electron chi connectivity index (χ1n) is 6.24. The van der Waals surface area contributed by atoms with Crippen LogP contribution in [0.4, 0.5) is 0 Å². The Balaban J connectivity index is 2.44. The molecule has 1 rings (SSSR count). The van der Waals surface area contributed by atoms with Gasteiger partial charge in [0.05, 0.1) is 0 Å². The molecule has 0 fully saturated rings. The molecule has 0 radical (unpaired) electrons. The summed E-state index contributed by atoms with van der Waals surface area (Å²) in [5, 5.41) is 0. The van der Waals surface area contributed by atoms with Gasteiger partial charge in [0.1, 0.15) is 6.29 Å². The summed E-state index contributed by atoms with van der Waals surface area (Å²) in [4.78, 5) is 13.0. The summed E-state index contributed by atoms with van der Waals surface area (Å²) in [5.74, 6) is 0. The average molecular weight is 248 g/mol. The van der Waals surface area contributed by atoms with Gasteiger partial charge in [-0.15, -0.1) is 0 Å². The van der Waals surface area contributed by atoms with Crippen molar-refractivity contribution in [1.82, 2.24) is 0 Å². The number of unbranched alkanes of at least 4 members (excludes halogenated alkanes) is 3. The molecule has 0 amide bonds. The zero-order chi connectivity index (χ0) is 12.3. The highest BCUT2D eigenvalue weighted by molar-refractivity contribution is 8.03. The van der Waals surface area contributed by atoms with Crippen LogP contribution in [0.1, 0.15) is 39.0 Å². The standard InChI is InChI=1S/C15H20OS/c1-2-3-4-6-11-15(12-13-16)17-14-9-7-5-8-10-14/h5,7-10,12-13H,2-4,6,11H2,1H3/b15-12+. The molecule has 92 valence electrons. The van der Waals surface area contributed by atoms with E-state index in [-0.39, 0.29) is 0 Å². The first kappa shape index (κ1) is 14.0. The van der Waals surface area contributed by atoms with Gasteiger partial charge in [-0.1, -0.05) is 56.1 Å². The Hall–Kier alpha value is -1.02. The predicted octanol–water partition coefficient (Wildman–Crippen LogP) is 4.83. The topological polar surface area (TPSA) is 17.1 Å². The summed E-state index contributed by atoms with van der Waals surface area (Å²) in [6, 6.07) is 10.2. The number of aldehydes is 1. The van der Waals surface area contributed by atoms with Crippen LogP contribution in [0.25, 0.3) is 0 Å². The predicted molar refractivity (Wildman–Crippen MR) is 75.2 cm³/mol. The third kappa shape index (κ3) is 6.32. The zero-order valence-corrected chi connectivity index (χ0v) is 11.2. The molecule has 17 heavy (non-hydrogen) atoms. The van der Waals surface area contributed by atoms with Crippen LogP contribution >= 0.6 is 11.8 Å². The van der Waals surface area contributed by atoms with E-state index < -0.39 is 0 Å². The fourth-order valence-corrected chi connectivity index (χ4v) is 2.58. The Kier molecular flexibility index (Phi) is 7.48. The minimum Gasteiger partial charge on any atom is -0.299 e. The molecule has 1 aromatic carbocycles. The number of allylic oxidation sites excluding steroid dienone is 2. The molecule has 0 aliphatic rings. The third-order valence-corrected chi connectivity index (χ3v) is 3.63. The van der Waals surface area contributed by atoms with Gasteiger partial charge in [-0.3, -0.25) is 4.79 Å². The van der Waals surface area contributed by atoms with E-state index >= 15 is 0 Å². The van der Waals surface area contributed by atoms with Gasteiger partial charge in [0.2, 0.25) is 0 Å². The van der Waals surface area contributed by atoms with Crippen molar-refractivity contribution in [1.29, 1.82) is 0 Å². The molecule has 0 aliphatic heterocycles. The maximum absolute atomic E-state index is 10.6. The van der Waals surface area contributed by atoms with Gasteiger partial charge in [0, 0.05) is 4.90 Å². The lowest BCUT2D eigenvalue weighted by Gasteiger charge is -2.06. The van der Waals surface area contributed by atoms with Crippen molar-refractivity contribution in [3.8, 4) is 0 Å². The van der Waals surface area contributed by atoms with Crippen molar-refractivity contribution in [3.63, 3.8) is 0 Å². The van der Waals surface area contributed by atoms with Crippen LogP contribution in [0.5, 0.6) is 0 Å². The number of hydrogen-bond donors (Lipinski definition) is 0. The van der Waals surface area contributed by atoms with E-state index in [1.54, 1.807) is 17.8 Å². The lowest BCUT2D eigenvalue weighted by molar-refractivity contribution is -0.104. The second-order valence-electron chi connectivity index (χ2n) is 3.99. The number of hydrogen-bond acceptors (Lipinski definition) is 2. The van der Waals surface area contributed by atoms with Crippen LogP contribution < -0.4 is 0 Å². The smallest absolute Gasteiger partial charge is 0.143 e. The number of carbonyl (C=O) groups excluding carboxylic acids is 1. The molecule has 0 aliphatic carbocycles. The number of carbonyl (C=O) groups is 1. The molecular weight excluding hydrogens is 228 g/mol. The van der Waals surface area contributed by atoms with Gasteiger partial charge in [-0.2, -0.15) is 0 Å². The van der Waals surface area contributed by atoms with Crippen LogP contribution in [0.15, 0.2) is 46.2 Å². The lowest BCUT2D eigenvalue weighted by Crippen LogP contribution is -1.82. The number of benzene rings is 1. The minimum atomic E-state index is 0.894. The molecule has 0 saturated heterocycles. The average Bonchev–Trinajstić information content (AvgIpc) is 2.36. The van der Waals surface area contributed by atoms with Crippen molar-refractivity contribution in [3.05, 3.63) is 41.3 Å². The maximum atomic E-state index is 10.6. The van der Waals surface area contributed by atoms with E-state index in [0.717, 1.165) is 12.7 Å². The van der Waals surface area contributed by atoms with Crippen LogP contribution in [-0.2, 0) is 4.79 Å². The van der Waals surface area contributed by atoms with Gasteiger partial charge in [-0.05, 0) is 36.0 Å². The largest absolute Gasteiger partial charge is 0.299 e. The van der Waals surface area contributed by atoms with Crippen LogP contribution in [0, 0.1) is 0 Å². The molecule has 0 spiro atoms. The number of rotatable bonds is 8. The summed E-state index contributed by atoms with van der Waals surface area (Å²) >= 11 is 1.70. The minimum absolute atomic E-state index is 0.894. The zero-order valence-electron chi connectivity index (χ0n) is 10.4.